The normalized spacial score (nSPS) is 12.4. The number of carbonyl (C=O) groups excluding carboxylic acids is 1. The molecule has 0 aliphatic heterocycles. The van der Waals surface area contributed by atoms with Crippen molar-refractivity contribution in [3.05, 3.63) is 42.1 Å². The van der Waals surface area contributed by atoms with Gasteiger partial charge in [-0.15, -0.1) is 0 Å². The van der Waals surface area contributed by atoms with Crippen LogP contribution in [0.3, 0.4) is 0 Å². The Morgan fingerprint density at radius 2 is 1.96 bits per heavy atom. The molecule has 0 saturated heterocycles. The summed E-state index contributed by atoms with van der Waals surface area (Å²) >= 11 is 0. The minimum Gasteiger partial charge on any atom is -0.480 e. The molecule has 1 heterocycles. The maximum absolute atomic E-state index is 12.5. The Kier molecular flexibility index (Phi) is 4.95. The zero-order valence-electron chi connectivity index (χ0n) is 13.6. The number of carbonyl (C=O) groups is 2. The number of rotatable bonds is 7. The predicted octanol–water partition coefficient (Wildman–Crippen LogP) is 2.29. The molecule has 7 nitrogen and oxygen atoms in total. The second kappa shape index (κ2) is 7.31. The zero-order chi connectivity index (χ0) is 17.8. The molecule has 3 aromatic rings. The van der Waals surface area contributed by atoms with Crippen LogP contribution in [-0.4, -0.2) is 34.7 Å². The molecule has 1 amide bonds. The van der Waals surface area contributed by atoms with Crippen LogP contribution in [-0.2, 0) is 4.79 Å². The molecular formula is C18H19N3O4. The van der Waals surface area contributed by atoms with E-state index >= 15 is 0 Å². The number of hydrogen-bond donors (Lipinski definition) is 3. The Labute approximate surface area is 143 Å². The van der Waals surface area contributed by atoms with Crippen LogP contribution < -0.4 is 11.1 Å². The highest BCUT2D eigenvalue weighted by Crippen LogP contribution is 2.27. The van der Waals surface area contributed by atoms with Crippen molar-refractivity contribution >= 4 is 33.6 Å². The van der Waals surface area contributed by atoms with Gasteiger partial charge in [0.2, 0.25) is 0 Å². The van der Waals surface area contributed by atoms with Gasteiger partial charge in [-0.1, -0.05) is 35.5 Å². The van der Waals surface area contributed by atoms with E-state index in [-0.39, 0.29) is 5.69 Å². The Morgan fingerprint density at radius 3 is 2.72 bits per heavy atom. The number of fused-ring (bicyclic) bond motifs is 3. The molecule has 0 aliphatic carbocycles. The topological polar surface area (TPSA) is 118 Å². The van der Waals surface area contributed by atoms with Crippen molar-refractivity contribution in [1.29, 1.82) is 0 Å². The first-order chi connectivity index (χ1) is 12.1. The first kappa shape index (κ1) is 16.9. The number of aromatic nitrogens is 1. The number of benzene rings is 2. The van der Waals surface area contributed by atoms with Crippen molar-refractivity contribution in [2.45, 2.75) is 25.3 Å². The van der Waals surface area contributed by atoms with Crippen molar-refractivity contribution in [2.24, 2.45) is 5.73 Å². The van der Waals surface area contributed by atoms with E-state index in [0.29, 0.717) is 36.8 Å². The van der Waals surface area contributed by atoms with E-state index in [1.807, 2.05) is 30.3 Å². The summed E-state index contributed by atoms with van der Waals surface area (Å²) in [5.41, 5.74) is 6.02. The molecule has 3 rings (SSSR count). The molecule has 0 unspecified atom stereocenters. The monoisotopic (exact) mass is 341 g/mol. The molecule has 0 bridgehead atoms. The Bertz CT molecular complexity index is 919. The van der Waals surface area contributed by atoms with Crippen molar-refractivity contribution < 1.29 is 19.2 Å². The van der Waals surface area contributed by atoms with Gasteiger partial charge in [-0.05, 0) is 37.3 Å². The number of aliphatic carboxylic acids is 1. The predicted molar refractivity (Wildman–Crippen MR) is 93.3 cm³/mol. The van der Waals surface area contributed by atoms with Crippen molar-refractivity contribution in [2.75, 3.05) is 6.54 Å². The fourth-order valence-corrected chi connectivity index (χ4v) is 2.81. The SMILES string of the molecule is NCCCC[C@H](NC(=O)c1noc2c1ccc1ccccc12)C(=O)O. The summed E-state index contributed by atoms with van der Waals surface area (Å²) in [6.45, 7) is 0.487. The third kappa shape index (κ3) is 3.46. The number of amides is 1. The van der Waals surface area contributed by atoms with Gasteiger partial charge < -0.3 is 20.7 Å². The van der Waals surface area contributed by atoms with Gasteiger partial charge in [0, 0.05) is 5.39 Å². The van der Waals surface area contributed by atoms with Gasteiger partial charge in [0.05, 0.1) is 5.39 Å². The molecule has 25 heavy (non-hydrogen) atoms. The van der Waals surface area contributed by atoms with E-state index in [4.69, 9.17) is 10.3 Å². The molecule has 0 saturated carbocycles. The summed E-state index contributed by atoms with van der Waals surface area (Å²) in [5, 5.41) is 18.0. The van der Waals surface area contributed by atoms with Crippen LogP contribution in [0.5, 0.6) is 0 Å². The average molecular weight is 341 g/mol. The lowest BCUT2D eigenvalue weighted by Gasteiger charge is -2.13. The van der Waals surface area contributed by atoms with Gasteiger partial charge in [-0.25, -0.2) is 4.79 Å². The molecule has 0 radical (unpaired) electrons. The fourth-order valence-electron chi connectivity index (χ4n) is 2.81. The van der Waals surface area contributed by atoms with Gasteiger partial charge in [-0.3, -0.25) is 4.79 Å². The van der Waals surface area contributed by atoms with E-state index in [2.05, 4.69) is 10.5 Å². The third-order valence-electron chi connectivity index (χ3n) is 4.13. The highest BCUT2D eigenvalue weighted by molar-refractivity contribution is 6.12. The molecule has 1 atom stereocenters. The second-order valence-corrected chi connectivity index (χ2v) is 5.84. The lowest BCUT2D eigenvalue weighted by molar-refractivity contribution is -0.139. The van der Waals surface area contributed by atoms with Crippen molar-refractivity contribution in [1.82, 2.24) is 10.5 Å². The van der Waals surface area contributed by atoms with E-state index in [1.165, 1.54) is 0 Å². The van der Waals surface area contributed by atoms with Crippen LogP contribution >= 0.6 is 0 Å². The van der Waals surface area contributed by atoms with Gasteiger partial charge in [0.15, 0.2) is 11.3 Å². The molecule has 0 fully saturated rings. The maximum atomic E-state index is 12.5. The van der Waals surface area contributed by atoms with Crippen LogP contribution in [0.15, 0.2) is 40.9 Å². The fraction of sp³-hybridized carbons (Fsp3) is 0.278. The Morgan fingerprint density at radius 1 is 1.16 bits per heavy atom. The molecule has 130 valence electrons. The third-order valence-corrected chi connectivity index (χ3v) is 4.13. The molecule has 4 N–H and O–H groups in total. The van der Waals surface area contributed by atoms with E-state index in [0.717, 1.165) is 10.8 Å². The van der Waals surface area contributed by atoms with Gasteiger partial charge in [0.25, 0.3) is 5.91 Å². The van der Waals surface area contributed by atoms with Crippen LogP contribution in [0.25, 0.3) is 21.7 Å². The summed E-state index contributed by atoms with van der Waals surface area (Å²) in [4.78, 5) is 23.8. The molecular weight excluding hydrogens is 322 g/mol. The summed E-state index contributed by atoms with van der Waals surface area (Å²) in [6.07, 6.45) is 1.65. The van der Waals surface area contributed by atoms with Gasteiger partial charge in [0.1, 0.15) is 6.04 Å². The van der Waals surface area contributed by atoms with Crippen LogP contribution in [0.1, 0.15) is 29.8 Å². The lowest BCUT2D eigenvalue weighted by atomic mass is 10.1. The number of hydrogen-bond acceptors (Lipinski definition) is 5. The highest BCUT2D eigenvalue weighted by Gasteiger charge is 2.24. The number of nitrogens with two attached hydrogens (primary N) is 1. The molecule has 0 spiro atoms. The molecule has 7 heteroatoms. The number of carboxylic acid groups (broad SMARTS) is 1. The molecule has 2 aromatic carbocycles. The van der Waals surface area contributed by atoms with Gasteiger partial charge in [-0.2, -0.15) is 0 Å². The van der Waals surface area contributed by atoms with Crippen LogP contribution in [0, 0.1) is 0 Å². The van der Waals surface area contributed by atoms with E-state index in [9.17, 15) is 14.7 Å². The number of unbranched alkanes of at least 4 members (excludes halogenated alkanes) is 1. The zero-order valence-corrected chi connectivity index (χ0v) is 13.6. The van der Waals surface area contributed by atoms with Gasteiger partial charge >= 0.3 is 5.97 Å². The number of nitrogens with zero attached hydrogens (tertiary/aromatic N) is 1. The standard InChI is InChI=1S/C18H19N3O4/c19-10-4-3-7-14(18(23)24)20-17(22)15-13-9-8-11-5-1-2-6-12(11)16(13)25-21-15/h1-2,5-6,8-9,14H,3-4,7,10,19H2,(H,20,22)(H,23,24)/t14-/m0/s1. The lowest BCUT2D eigenvalue weighted by Crippen LogP contribution is -2.41. The average Bonchev–Trinajstić information content (AvgIpc) is 3.05. The maximum Gasteiger partial charge on any atom is 0.326 e. The number of nitrogens with one attached hydrogen (secondary N) is 1. The first-order valence-electron chi connectivity index (χ1n) is 8.12. The summed E-state index contributed by atoms with van der Waals surface area (Å²) in [6, 6.07) is 10.3. The largest absolute Gasteiger partial charge is 0.480 e. The second-order valence-electron chi connectivity index (χ2n) is 5.84. The van der Waals surface area contributed by atoms with Crippen LogP contribution in [0.4, 0.5) is 0 Å². The van der Waals surface area contributed by atoms with Crippen molar-refractivity contribution in [3.8, 4) is 0 Å². The summed E-state index contributed by atoms with van der Waals surface area (Å²) in [5.74, 6) is -1.64. The number of carboxylic acids is 1. The molecule has 1 aromatic heterocycles. The molecule has 0 aliphatic rings. The first-order valence-corrected chi connectivity index (χ1v) is 8.12. The summed E-state index contributed by atoms with van der Waals surface area (Å²) < 4.78 is 5.35. The highest BCUT2D eigenvalue weighted by atomic mass is 16.5. The Hall–Kier alpha value is -2.93. The van der Waals surface area contributed by atoms with Crippen LogP contribution in [0.2, 0.25) is 0 Å². The minimum absolute atomic E-state index is 0.0887. The van der Waals surface area contributed by atoms with Crippen molar-refractivity contribution in [3.63, 3.8) is 0 Å². The minimum atomic E-state index is -1.08. The van der Waals surface area contributed by atoms with E-state index in [1.54, 1.807) is 6.07 Å². The Balaban J connectivity index is 1.86. The quantitative estimate of drug-likeness (QED) is 0.567. The van der Waals surface area contributed by atoms with E-state index < -0.39 is 17.9 Å². The summed E-state index contributed by atoms with van der Waals surface area (Å²) in [7, 11) is 0. The smallest absolute Gasteiger partial charge is 0.326 e.